The van der Waals surface area contributed by atoms with Gasteiger partial charge in [0.2, 0.25) is 0 Å². The van der Waals surface area contributed by atoms with E-state index in [0.717, 1.165) is 20.3 Å². The molecule has 0 spiro atoms. The predicted octanol–water partition coefficient (Wildman–Crippen LogP) is 3.11. The van der Waals surface area contributed by atoms with Gasteiger partial charge in [0, 0.05) is 6.54 Å². The molecule has 2 nitrogen and oxygen atoms in total. The Labute approximate surface area is 100 Å². The molecule has 0 fully saturated rings. The van der Waals surface area contributed by atoms with Crippen LogP contribution in [0.2, 0.25) is 0 Å². The smallest absolute Gasteiger partial charge is 0.148 e. The van der Waals surface area contributed by atoms with E-state index in [9.17, 15) is 0 Å². The second-order valence-corrected chi connectivity index (χ2v) is 4.50. The van der Waals surface area contributed by atoms with Crippen LogP contribution in [0.4, 0.5) is 0 Å². The summed E-state index contributed by atoms with van der Waals surface area (Å²) in [6.07, 6.45) is 0. The van der Waals surface area contributed by atoms with Gasteiger partial charge in [-0.3, -0.25) is 0 Å². The van der Waals surface area contributed by atoms with Crippen molar-refractivity contribution < 1.29 is 4.74 Å². The molecule has 0 bridgehead atoms. The number of rotatable bonds is 4. The van der Waals surface area contributed by atoms with Crippen molar-refractivity contribution in [1.82, 2.24) is 0 Å². The Balaban J connectivity index is 2.71. The molecule has 0 unspecified atom stereocenters. The summed E-state index contributed by atoms with van der Waals surface area (Å²) >= 11 is 6.81. The van der Waals surface area contributed by atoms with Crippen LogP contribution in [0.25, 0.3) is 0 Å². The topological polar surface area (TPSA) is 35.2 Å². The molecule has 0 saturated heterocycles. The molecule has 0 radical (unpaired) electrons. The van der Waals surface area contributed by atoms with Crippen molar-refractivity contribution >= 4 is 31.9 Å². The molecule has 0 aliphatic heterocycles. The minimum absolute atomic E-state index is 0.442. The minimum atomic E-state index is 0.442. The third-order valence-electron chi connectivity index (χ3n) is 1.63. The highest BCUT2D eigenvalue weighted by molar-refractivity contribution is 9.11. The minimum Gasteiger partial charge on any atom is -0.487 e. The second kappa shape index (κ2) is 5.53. The van der Waals surface area contributed by atoms with Gasteiger partial charge in [-0.05, 0) is 49.6 Å². The first kappa shape index (κ1) is 11.8. The van der Waals surface area contributed by atoms with Crippen LogP contribution in [-0.2, 0) is 0 Å². The van der Waals surface area contributed by atoms with Gasteiger partial charge in [-0.15, -0.1) is 0 Å². The maximum Gasteiger partial charge on any atom is 0.148 e. The fourth-order valence-electron chi connectivity index (χ4n) is 0.854. The molecular weight excluding hydrogens is 310 g/mol. The molecular formula is C10H11Br2NO. The van der Waals surface area contributed by atoms with E-state index in [-0.39, 0.29) is 0 Å². The molecule has 2 N–H and O–H groups in total. The number of halogens is 2. The first-order valence-electron chi connectivity index (χ1n) is 4.08. The lowest BCUT2D eigenvalue weighted by molar-refractivity contribution is 0.346. The van der Waals surface area contributed by atoms with E-state index in [1.54, 1.807) is 0 Å². The SMILES string of the molecule is C=C(CN)COc1c(Br)cccc1Br. The molecule has 14 heavy (non-hydrogen) atoms. The molecule has 1 aromatic rings. The van der Waals surface area contributed by atoms with Crippen molar-refractivity contribution in [3.05, 3.63) is 39.3 Å². The van der Waals surface area contributed by atoms with E-state index in [2.05, 4.69) is 38.4 Å². The Bertz CT molecular complexity index is 319. The van der Waals surface area contributed by atoms with Crippen LogP contribution >= 0.6 is 31.9 Å². The van der Waals surface area contributed by atoms with Crippen LogP contribution in [0.15, 0.2) is 39.3 Å². The van der Waals surface area contributed by atoms with E-state index in [1.807, 2.05) is 18.2 Å². The molecule has 1 rings (SSSR count). The Morgan fingerprint density at radius 1 is 1.36 bits per heavy atom. The quantitative estimate of drug-likeness (QED) is 0.865. The van der Waals surface area contributed by atoms with Crippen LogP contribution in [-0.4, -0.2) is 13.2 Å². The summed E-state index contributed by atoms with van der Waals surface area (Å²) in [5.74, 6) is 0.780. The first-order chi connectivity index (χ1) is 6.65. The molecule has 0 amide bonds. The molecule has 0 aromatic heterocycles. The molecule has 0 saturated carbocycles. The average Bonchev–Trinajstić information content (AvgIpc) is 2.16. The molecule has 76 valence electrons. The molecule has 0 aliphatic rings. The third kappa shape index (κ3) is 3.12. The fourth-order valence-corrected chi connectivity index (χ4v) is 2.08. The van der Waals surface area contributed by atoms with Gasteiger partial charge in [-0.1, -0.05) is 12.6 Å². The maximum absolute atomic E-state index is 5.55. The van der Waals surface area contributed by atoms with Crippen LogP contribution < -0.4 is 10.5 Å². The van der Waals surface area contributed by atoms with Crippen molar-refractivity contribution in [2.45, 2.75) is 0 Å². The summed E-state index contributed by atoms with van der Waals surface area (Å²) in [6, 6.07) is 5.77. The van der Waals surface area contributed by atoms with Gasteiger partial charge in [-0.25, -0.2) is 0 Å². The monoisotopic (exact) mass is 319 g/mol. The molecule has 0 aliphatic carbocycles. The highest BCUT2D eigenvalue weighted by Gasteiger charge is 2.05. The highest BCUT2D eigenvalue weighted by atomic mass is 79.9. The van der Waals surface area contributed by atoms with E-state index < -0.39 is 0 Å². The largest absolute Gasteiger partial charge is 0.487 e. The van der Waals surface area contributed by atoms with Gasteiger partial charge < -0.3 is 10.5 Å². The number of hydrogen-bond donors (Lipinski definition) is 1. The van der Waals surface area contributed by atoms with Crippen molar-refractivity contribution in [2.24, 2.45) is 5.73 Å². The number of para-hydroxylation sites is 1. The average molecular weight is 321 g/mol. The summed E-state index contributed by atoms with van der Waals surface area (Å²) < 4.78 is 7.37. The van der Waals surface area contributed by atoms with Crippen LogP contribution in [0.5, 0.6) is 5.75 Å². The molecule has 0 atom stereocenters. The van der Waals surface area contributed by atoms with Gasteiger partial charge in [0.1, 0.15) is 12.4 Å². The third-order valence-corrected chi connectivity index (χ3v) is 2.88. The Kier molecular flexibility index (Phi) is 4.65. The second-order valence-electron chi connectivity index (χ2n) is 2.79. The Hall–Kier alpha value is -0.320. The van der Waals surface area contributed by atoms with E-state index in [0.29, 0.717) is 13.2 Å². The number of benzene rings is 1. The Morgan fingerprint density at radius 3 is 2.43 bits per heavy atom. The zero-order valence-electron chi connectivity index (χ0n) is 7.59. The standard InChI is InChI=1S/C10H11Br2NO/c1-7(5-13)6-14-10-8(11)3-2-4-9(10)12/h2-4H,1,5-6,13H2. The van der Waals surface area contributed by atoms with Gasteiger partial charge in [0.25, 0.3) is 0 Å². The van der Waals surface area contributed by atoms with Crippen LogP contribution in [0.1, 0.15) is 0 Å². The van der Waals surface area contributed by atoms with Crippen molar-refractivity contribution in [3.63, 3.8) is 0 Å². The number of hydrogen-bond acceptors (Lipinski definition) is 2. The fraction of sp³-hybridized carbons (Fsp3) is 0.200. The normalized spacial score (nSPS) is 9.93. The highest BCUT2D eigenvalue weighted by Crippen LogP contribution is 2.33. The lowest BCUT2D eigenvalue weighted by atomic mass is 10.3. The van der Waals surface area contributed by atoms with Crippen LogP contribution in [0, 0.1) is 0 Å². The lowest BCUT2D eigenvalue weighted by Crippen LogP contribution is -2.10. The van der Waals surface area contributed by atoms with Crippen molar-refractivity contribution in [1.29, 1.82) is 0 Å². The summed E-state index contributed by atoms with van der Waals surface area (Å²) in [5.41, 5.74) is 6.28. The predicted molar refractivity (Wildman–Crippen MR) is 65.5 cm³/mol. The summed E-state index contributed by atoms with van der Waals surface area (Å²) in [7, 11) is 0. The van der Waals surface area contributed by atoms with Gasteiger partial charge >= 0.3 is 0 Å². The van der Waals surface area contributed by atoms with Gasteiger partial charge in [-0.2, -0.15) is 0 Å². The van der Waals surface area contributed by atoms with Crippen molar-refractivity contribution in [3.8, 4) is 5.75 Å². The number of nitrogens with two attached hydrogens (primary N) is 1. The summed E-state index contributed by atoms with van der Waals surface area (Å²) in [4.78, 5) is 0. The zero-order chi connectivity index (χ0) is 10.6. The van der Waals surface area contributed by atoms with Crippen molar-refractivity contribution in [2.75, 3.05) is 13.2 Å². The van der Waals surface area contributed by atoms with E-state index >= 15 is 0 Å². The molecule has 1 aromatic carbocycles. The maximum atomic E-state index is 5.55. The van der Waals surface area contributed by atoms with E-state index in [4.69, 9.17) is 10.5 Å². The zero-order valence-corrected chi connectivity index (χ0v) is 10.8. The lowest BCUT2D eigenvalue weighted by Gasteiger charge is -2.10. The molecule has 0 heterocycles. The number of ether oxygens (including phenoxy) is 1. The summed E-state index contributed by atoms with van der Waals surface area (Å²) in [5, 5.41) is 0. The van der Waals surface area contributed by atoms with Gasteiger partial charge in [0.15, 0.2) is 0 Å². The first-order valence-corrected chi connectivity index (χ1v) is 5.67. The van der Waals surface area contributed by atoms with Gasteiger partial charge in [0.05, 0.1) is 8.95 Å². The van der Waals surface area contributed by atoms with E-state index in [1.165, 1.54) is 0 Å². The molecule has 4 heteroatoms. The summed E-state index contributed by atoms with van der Waals surface area (Å²) in [6.45, 7) is 4.66. The Morgan fingerprint density at radius 2 is 1.93 bits per heavy atom. The van der Waals surface area contributed by atoms with Crippen LogP contribution in [0.3, 0.4) is 0 Å².